The molecule has 8 heteroatoms. The molecule has 0 aromatic carbocycles. The summed E-state index contributed by atoms with van der Waals surface area (Å²) in [4.78, 5) is 23.9. The Morgan fingerprint density at radius 2 is 2.24 bits per heavy atom. The molecule has 7 nitrogen and oxygen atoms in total. The van der Waals surface area contributed by atoms with E-state index in [4.69, 9.17) is 5.11 Å². The number of carbonyl (C=O) groups is 2. The van der Waals surface area contributed by atoms with E-state index in [2.05, 4.69) is 15.6 Å². The summed E-state index contributed by atoms with van der Waals surface area (Å²) in [5.74, 6) is -2.05. The lowest BCUT2D eigenvalue weighted by atomic mass is 10.0. The summed E-state index contributed by atoms with van der Waals surface area (Å²) in [5.41, 5.74) is 0.177. The highest BCUT2D eigenvalue weighted by Crippen LogP contribution is 2.10. The third-order valence-electron chi connectivity index (χ3n) is 3.17. The molecule has 0 saturated heterocycles. The second-order valence-corrected chi connectivity index (χ2v) is 5.80. The molecule has 2 atom stereocenters. The Labute approximate surface area is 125 Å². The van der Waals surface area contributed by atoms with Crippen molar-refractivity contribution in [2.75, 3.05) is 0 Å². The van der Waals surface area contributed by atoms with E-state index in [0.717, 1.165) is 4.88 Å². The van der Waals surface area contributed by atoms with Crippen molar-refractivity contribution >= 4 is 23.2 Å². The summed E-state index contributed by atoms with van der Waals surface area (Å²) in [6.45, 7) is 3.74. The lowest BCUT2D eigenvalue weighted by Crippen LogP contribution is -2.40. The third kappa shape index (κ3) is 3.88. The highest BCUT2D eigenvalue weighted by atomic mass is 32.1. The minimum Gasteiger partial charge on any atom is -0.481 e. The zero-order valence-corrected chi connectivity index (χ0v) is 12.5. The number of nitrogens with one attached hydrogen (secondary N) is 1. The van der Waals surface area contributed by atoms with Crippen molar-refractivity contribution in [3.8, 4) is 0 Å². The first-order valence-corrected chi connectivity index (χ1v) is 7.31. The van der Waals surface area contributed by atoms with Gasteiger partial charge in [-0.25, -0.2) is 4.68 Å². The predicted molar refractivity (Wildman–Crippen MR) is 77.2 cm³/mol. The number of hydrogen-bond acceptors (Lipinski definition) is 5. The van der Waals surface area contributed by atoms with Crippen LogP contribution in [0, 0.1) is 5.92 Å². The van der Waals surface area contributed by atoms with Gasteiger partial charge in [-0.05, 0) is 25.3 Å². The van der Waals surface area contributed by atoms with Gasteiger partial charge in [-0.1, -0.05) is 11.3 Å². The maximum Gasteiger partial charge on any atom is 0.308 e. The normalized spacial score (nSPS) is 13.6. The van der Waals surface area contributed by atoms with Gasteiger partial charge in [0.1, 0.15) is 0 Å². The first-order chi connectivity index (χ1) is 9.97. The van der Waals surface area contributed by atoms with Gasteiger partial charge in [0.2, 0.25) is 0 Å². The molecule has 21 heavy (non-hydrogen) atoms. The van der Waals surface area contributed by atoms with E-state index in [0.29, 0.717) is 6.54 Å². The van der Waals surface area contributed by atoms with Crippen LogP contribution in [0.2, 0.25) is 0 Å². The molecule has 0 fully saturated rings. The van der Waals surface area contributed by atoms with Gasteiger partial charge in [0.05, 0.1) is 18.7 Å². The van der Waals surface area contributed by atoms with Crippen LogP contribution in [-0.4, -0.2) is 38.0 Å². The third-order valence-corrected chi connectivity index (χ3v) is 4.03. The Morgan fingerprint density at radius 3 is 2.86 bits per heavy atom. The number of carboxylic acids is 1. The number of aliphatic carboxylic acids is 1. The van der Waals surface area contributed by atoms with E-state index in [1.54, 1.807) is 36.1 Å². The predicted octanol–water partition coefficient (Wildman–Crippen LogP) is 1.23. The van der Waals surface area contributed by atoms with Crippen LogP contribution in [0.25, 0.3) is 0 Å². The van der Waals surface area contributed by atoms with Crippen LogP contribution < -0.4 is 5.32 Å². The van der Waals surface area contributed by atoms with Gasteiger partial charge in [-0.3, -0.25) is 9.59 Å². The molecule has 2 unspecified atom stereocenters. The maximum atomic E-state index is 12.0. The highest BCUT2D eigenvalue weighted by Gasteiger charge is 2.22. The molecule has 112 valence electrons. The number of hydrogen-bond donors (Lipinski definition) is 2. The molecule has 0 saturated carbocycles. The fraction of sp³-hybridized carbons (Fsp3) is 0.385. The van der Waals surface area contributed by atoms with Gasteiger partial charge in [0.15, 0.2) is 5.69 Å². The van der Waals surface area contributed by atoms with E-state index < -0.39 is 23.8 Å². The molecule has 1 amide bonds. The van der Waals surface area contributed by atoms with Crippen molar-refractivity contribution in [2.45, 2.75) is 26.4 Å². The van der Waals surface area contributed by atoms with Crippen LogP contribution in [0.3, 0.4) is 0 Å². The number of carboxylic acid groups (broad SMARTS) is 1. The second kappa shape index (κ2) is 6.49. The molecular formula is C13H16N4O3S. The first kappa shape index (κ1) is 15.2. The molecule has 2 N–H and O–H groups in total. The van der Waals surface area contributed by atoms with Crippen LogP contribution >= 0.6 is 11.3 Å². The van der Waals surface area contributed by atoms with Gasteiger partial charge in [-0.15, -0.1) is 16.4 Å². The van der Waals surface area contributed by atoms with Gasteiger partial charge in [-0.2, -0.15) is 0 Å². The molecule has 2 aromatic heterocycles. The molecule has 0 spiro atoms. The van der Waals surface area contributed by atoms with Crippen molar-refractivity contribution in [3.05, 3.63) is 34.3 Å². The molecule has 0 aliphatic heterocycles. The van der Waals surface area contributed by atoms with Gasteiger partial charge >= 0.3 is 5.97 Å². The van der Waals surface area contributed by atoms with Gasteiger partial charge in [0, 0.05) is 10.9 Å². The Hall–Kier alpha value is -2.22. The molecule has 0 aliphatic carbocycles. The summed E-state index contributed by atoms with van der Waals surface area (Å²) in [6, 6.07) is 3.43. The van der Waals surface area contributed by atoms with Crippen molar-refractivity contribution in [1.82, 2.24) is 20.3 Å². The minimum absolute atomic E-state index is 0.177. The molecule has 0 bridgehead atoms. The van der Waals surface area contributed by atoms with Crippen molar-refractivity contribution in [1.29, 1.82) is 0 Å². The minimum atomic E-state index is -0.954. The Bertz CT molecular complexity index is 623. The maximum absolute atomic E-state index is 12.0. The molecule has 2 rings (SSSR count). The van der Waals surface area contributed by atoms with E-state index in [-0.39, 0.29) is 5.69 Å². The van der Waals surface area contributed by atoms with E-state index in [9.17, 15) is 9.59 Å². The number of amides is 1. The average molecular weight is 308 g/mol. The SMILES string of the molecule is CC(NC(=O)c1cn(Cc2cccs2)nn1)C(C)C(=O)O. The topological polar surface area (TPSA) is 97.1 Å². The van der Waals surface area contributed by atoms with Gasteiger partial charge < -0.3 is 10.4 Å². The quantitative estimate of drug-likeness (QED) is 0.836. The van der Waals surface area contributed by atoms with Crippen LogP contribution in [0.1, 0.15) is 29.2 Å². The van der Waals surface area contributed by atoms with E-state index in [1.807, 2.05) is 17.5 Å². The molecule has 2 heterocycles. The molecule has 2 aromatic rings. The van der Waals surface area contributed by atoms with Crippen LogP contribution in [0.15, 0.2) is 23.7 Å². The monoisotopic (exact) mass is 308 g/mol. The standard InChI is InChI=1S/C13H16N4O3S/c1-8(13(19)20)9(2)14-12(18)11-7-17(16-15-11)6-10-4-3-5-21-10/h3-5,7-9H,6H2,1-2H3,(H,14,18)(H,19,20). The van der Waals surface area contributed by atoms with Crippen molar-refractivity contribution in [2.24, 2.45) is 5.92 Å². The second-order valence-electron chi connectivity index (χ2n) is 4.77. The van der Waals surface area contributed by atoms with E-state index in [1.165, 1.54) is 0 Å². The number of nitrogens with zero attached hydrogens (tertiary/aromatic N) is 3. The van der Waals surface area contributed by atoms with Crippen LogP contribution in [0.5, 0.6) is 0 Å². The zero-order chi connectivity index (χ0) is 15.4. The smallest absolute Gasteiger partial charge is 0.308 e. The summed E-state index contributed by atoms with van der Waals surface area (Å²) in [7, 11) is 0. The largest absolute Gasteiger partial charge is 0.481 e. The number of thiophene rings is 1. The van der Waals surface area contributed by atoms with Crippen molar-refractivity contribution < 1.29 is 14.7 Å². The summed E-state index contributed by atoms with van der Waals surface area (Å²) < 4.78 is 1.58. The average Bonchev–Trinajstić information content (AvgIpc) is 3.09. The zero-order valence-electron chi connectivity index (χ0n) is 11.7. The summed E-state index contributed by atoms with van der Waals surface area (Å²) in [5, 5.41) is 21.2. The van der Waals surface area contributed by atoms with Crippen LogP contribution in [-0.2, 0) is 11.3 Å². The summed E-state index contributed by atoms with van der Waals surface area (Å²) >= 11 is 1.60. The molecule has 0 radical (unpaired) electrons. The number of aromatic nitrogens is 3. The Kier molecular flexibility index (Phi) is 4.69. The van der Waals surface area contributed by atoms with Gasteiger partial charge in [0.25, 0.3) is 5.91 Å². The fourth-order valence-electron chi connectivity index (χ4n) is 1.66. The van der Waals surface area contributed by atoms with Crippen molar-refractivity contribution in [3.63, 3.8) is 0 Å². The lowest BCUT2D eigenvalue weighted by Gasteiger charge is -2.16. The molecule has 0 aliphatic rings. The molecular weight excluding hydrogens is 292 g/mol. The first-order valence-electron chi connectivity index (χ1n) is 6.43. The number of carbonyl (C=O) groups excluding carboxylic acids is 1. The number of rotatable bonds is 6. The fourth-order valence-corrected chi connectivity index (χ4v) is 2.36. The lowest BCUT2D eigenvalue weighted by molar-refractivity contribution is -0.141. The highest BCUT2D eigenvalue weighted by molar-refractivity contribution is 7.09. The van der Waals surface area contributed by atoms with E-state index >= 15 is 0 Å². The summed E-state index contributed by atoms with van der Waals surface area (Å²) in [6.07, 6.45) is 1.55. The van der Waals surface area contributed by atoms with Crippen LogP contribution in [0.4, 0.5) is 0 Å². The Morgan fingerprint density at radius 1 is 1.48 bits per heavy atom. The Balaban J connectivity index is 1.97.